The molecule has 1 aliphatic heterocycles. The number of imidazole rings is 1. The molecule has 0 aromatic carbocycles. The Balaban J connectivity index is 1.20. The minimum Gasteiger partial charge on any atom is -0.491 e. The fourth-order valence-corrected chi connectivity index (χ4v) is 4.93. The summed E-state index contributed by atoms with van der Waals surface area (Å²) in [6, 6.07) is 11.7. The first-order valence-electron chi connectivity index (χ1n) is 12.7. The van der Waals surface area contributed by atoms with E-state index in [1.807, 2.05) is 36.4 Å². The van der Waals surface area contributed by atoms with Gasteiger partial charge in [-0.15, -0.1) is 0 Å². The van der Waals surface area contributed by atoms with Gasteiger partial charge in [-0.2, -0.15) is 5.10 Å². The van der Waals surface area contributed by atoms with Gasteiger partial charge in [-0.25, -0.2) is 9.97 Å². The van der Waals surface area contributed by atoms with Gasteiger partial charge in [-0.1, -0.05) is 0 Å². The number of aromatic nitrogens is 8. The average molecular weight is 504 g/mol. The van der Waals surface area contributed by atoms with Crippen LogP contribution < -0.4 is 4.74 Å². The Hall–Kier alpha value is -4.70. The summed E-state index contributed by atoms with van der Waals surface area (Å²) in [7, 11) is 0. The molecule has 6 aromatic rings. The minimum atomic E-state index is 0.622. The monoisotopic (exact) mass is 503 g/mol. The highest BCUT2D eigenvalue weighted by molar-refractivity contribution is 5.95. The van der Waals surface area contributed by atoms with Crippen molar-refractivity contribution in [2.24, 2.45) is 0 Å². The molecule has 0 bridgehead atoms. The zero-order valence-electron chi connectivity index (χ0n) is 20.6. The van der Waals surface area contributed by atoms with Crippen molar-refractivity contribution < 1.29 is 4.74 Å². The molecule has 0 aliphatic carbocycles. The first-order valence-corrected chi connectivity index (χ1v) is 12.7. The summed E-state index contributed by atoms with van der Waals surface area (Å²) in [6.45, 7) is 3.89. The number of nitrogens with one attached hydrogen (secondary N) is 2. The van der Waals surface area contributed by atoms with Crippen LogP contribution in [0.25, 0.3) is 56.1 Å². The zero-order valence-corrected chi connectivity index (χ0v) is 20.6. The number of likely N-dealkylation sites (tertiary alicyclic amines) is 1. The van der Waals surface area contributed by atoms with Gasteiger partial charge < -0.3 is 9.72 Å². The second-order valence-corrected chi connectivity index (χ2v) is 9.35. The van der Waals surface area contributed by atoms with Gasteiger partial charge in [-0.3, -0.25) is 25.0 Å². The Labute approximate surface area is 218 Å². The predicted octanol–water partition coefficient (Wildman–Crippen LogP) is 4.49. The third-order valence-corrected chi connectivity index (χ3v) is 6.87. The summed E-state index contributed by atoms with van der Waals surface area (Å²) in [5.74, 6) is 1.36. The normalized spacial score (nSPS) is 14.0. The summed E-state index contributed by atoms with van der Waals surface area (Å²) in [5.41, 5.74) is 7.23. The van der Waals surface area contributed by atoms with Crippen LogP contribution in [0.15, 0.2) is 67.4 Å². The summed E-state index contributed by atoms with van der Waals surface area (Å²) >= 11 is 0. The fourth-order valence-electron chi connectivity index (χ4n) is 4.93. The molecule has 0 saturated carbocycles. The number of aromatic amines is 2. The van der Waals surface area contributed by atoms with E-state index in [9.17, 15) is 0 Å². The van der Waals surface area contributed by atoms with Crippen molar-refractivity contribution in [3.63, 3.8) is 0 Å². The van der Waals surface area contributed by atoms with Crippen LogP contribution in [0.5, 0.6) is 5.75 Å². The topological polar surface area (TPSA) is 121 Å². The summed E-state index contributed by atoms with van der Waals surface area (Å²) in [5, 5.41) is 7.62. The smallest absolute Gasteiger partial charge is 0.161 e. The molecule has 2 N–H and O–H groups in total. The maximum Gasteiger partial charge on any atom is 0.161 e. The molecule has 1 aliphatic rings. The van der Waals surface area contributed by atoms with Crippen molar-refractivity contribution in [2.75, 3.05) is 26.2 Å². The molecule has 7 rings (SSSR count). The van der Waals surface area contributed by atoms with Crippen LogP contribution in [0.4, 0.5) is 0 Å². The molecule has 10 nitrogen and oxygen atoms in total. The number of hydrogen-bond donors (Lipinski definition) is 2. The van der Waals surface area contributed by atoms with Gasteiger partial charge in [0.1, 0.15) is 23.4 Å². The second-order valence-electron chi connectivity index (χ2n) is 9.35. The Bertz CT molecular complexity index is 1720. The molecule has 0 radical (unpaired) electrons. The van der Waals surface area contributed by atoms with Crippen LogP contribution in [-0.4, -0.2) is 71.2 Å². The Morgan fingerprint density at radius 1 is 0.816 bits per heavy atom. The van der Waals surface area contributed by atoms with Gasteiger partial charge >= 0.3 is 0 Å². The van der Waals surface area contributed by atoms with Crippen LogP contribution in [0.1, 0.15) is 12.8 Å². The van der Waals surface area contributed by atoms with Gasteiger partial charge in [0.15, 0.2) is 11.5 Å². The van der Waals surface area contributed by atoms with Crippen LogP contribution in [0, 0.1) is 0 Å². The molecule has 1 saturated heterocycles. The van der Waals surface area contributed by atoms with E-state index in [4.69, 9.17) is 14.7 Å². The van der Waals surface area contributed by atoms with Crippen molar-refractivity contribution >= 4 is 22.1 Å². The standard InChI is InChI=1S/C28H25N9O/c1-2-12-37(11-1)13-14-38-20-15-19(16-30-17-20)21-3-4-23-26(32-21)27(36-35-23)28-33-22-7-10-31-24(25(22)34-28)18-5-8-29-9-6-18/h3-10,15-17H,1-2,11-14H2,(H,33,34)(H,35,36). The first kappa shape index (κ1) is 22.5. The molecule has 1 fully saturated rings. The number of fused-ring (bicyclic) bond motifs is 2. The number of ether oxygens (including phenoxy) is 1. The lowest BCUT2D eigenvalue weighted by Crippen LogP contribution is -2.25. The van der Waals surface area contributed by atoms with Crippen LogP contribution in [0.2, 0.25) is 0 Å². The Morgan fingerprint density at radius 3 is 2.58 bits per heavy atom. The molecular weight excluding hydrogens is 478 g/mol. The SMILES string of the molecule is c1cc(-c2nccc3[nH]c(-c4n[nH]c5ccc(-c6cncc(OCCN7CCCC7)c6)nc45)nc23)ccn1. The van der Waals surface area contributed by atoms with Crippen molar-refractivity contribution in [3.05, 3.63) is 67.4 Å². The van der Waals surface area contributed by atoms with Crippen molar-refractivity contribution in [3.8, 4) is 39.8 Å². The molecule has 0 atom stereocenters. The third kappa shape index (κ3) is 4.24. The number of rotatable bonds is 7. The Morgan fingerprint density at radius 2 is 1.68 bits per heavy atom. The summed E-state index contributed by atoms with van der Waals surface area (Å²) in [4.78, 5) is 28.7. The average Bonchev–Trinajstić information content (AvgIpc) is 3.73. The van der Waals surface area contributed by atoms with Crippen molar-refractivity contribution in [1.29, 1.82) is 0 Å². The van der Waals surface area contributed by atoms with E-state index >= 15 is 0 Å². The lowest BCUT2D eigenvalue weighted by molar-refractivity contribution is 0.237. The quantitative estimate of drug-likeness (QED) is 0.327. The lowest BCUT2D eigenvalue weighted by Gasteiger charge is -2.15. The zero-order chi connectivity index (χ0) is 25.3. The van der Waals surface area contributed by atoms with E-state index in [1.54, 1.807) is 31.0 Å². The van der Waals surface area contributed by atoms with Crippen LogP contribution in [-0.2, 0) is 0 Å². The maximum absolute atomic E-state index is 6.00. The van der Waals surface area contributed by atoms with Crippen molar-refractivity contribution in [2.45, 2.75) is 12.8 Å². The molecule has 0 unspecified atom stereocenters. The molecule has 7 heterocycles. The van der Waals surface area contributed by atoms with E-state index in [-0.39, 0.29) is 0 Å². The second kappa shape index (κ2) is 9.64. The maximum atomic E-state index is 6.00. The van der Waals surface area contributed by atoms with Gasteiger partial charge in [0.25, 0.3) is 0 Å². The third-order valence-electron chi connectivity index (χ3n) is 6.87. The van der Waals surface area contributed by atoms with Crippen LogP contribution >= 0.6 is 0 Å². The first-order chi connectivity index (χ1) is 18.8. The predicted molar refractivity (Wildman–Crippen MR) is 144 cm³/mol. The highest BCUT2D eigenvalue weighted by Gasteiger charge is 2.18. The molecule has 0 amide bonds. The largest absolute Gasteiger partial charge is 0.491 e. The van der Waals surface area contributed by atoms with Crippen LogP contribution in [0.3, 0.4) is 0 Å². The fraction of sp³-hybridized carbons (Fsp3) is 0.214. The Kier molecular flexibility index (Phi) is 5.71. The molecule has 10 heteroatoms. The number of nitrogens with zero attached hydrogens (tertiary/aromatic N) is 7. The molecule has 188 valence electrons. The lowest BCUT2D eigenvalue weighted by atomic mass is 10.1. The number of H-pyrrole nitrogens is 2. The van der Waals surface area contributed by atoms with E-state index < -0.39 is 0 Å². The van der Waals surface area contributed by atoms with E-state index in [1.165, 1.54) is 12.8 Å². The summed E-state index contributed by atoms with van der Waals surface area (Å²) in [6.07, 6.45) is 11.4. The van der Waals surface area contributed by atoms with E-state index in [0.29, 0.717) is 18.1 Å². The highest BCUT2D eigenvalue weighted by atomic mass is 16.5. The van der Waals surface area contributed by atoms with E-state index in [2.05, 4.69) is 35.0 Å². The van der Waals surface area contributed by atoms with Gasteiger partial charge in [0, 0.05) is 42.5 Å². The summed E-state index contributed by atoms with van der Waals surface area (Å²) < 4.78 is 6.00. The number of hydrogen-bond acceptors (Lipinski definition) is 8. The molecule has 38 heavy (non-hydrogen) atoms. The van der Waals surface area contributed by atoms with Gasteiger partial charge in [0.2, 0.25) is 0 Å². The molecule has 0 spiro atoms. The van der Waals surface area contributed by atoms with Gasteiger partial charge in [0.05, 0.1) is 28.6 Å². The van der Waals surface area contributed by atoms with Gasteiger partial charge in [-0.05, 0) is 62.3 Å². The number of pyridine rings is 4. The molecular formula is C28H25N9O. The minimum absolute atomic E-state index is 0.622. The highest BCUT2D eigenvalue weighted by Crippen LogP contribution is 2.31. The van der Waals surface area contributed by atoms with E-state index in [0.717, 1.165) is 70.0 Å². The molecule has 6 aromatic heterocycles. The van der Waals surface area contributed by atoms with Crippen molar-refractivity contribution in [1.82, 2.24) is 45.0 Å².